The van der Waals surface area contributed by atoms with Gasteiger partial charge < -0.3 is 31.7 Å². The van der Waals surface area contributed by atoms with E-state index in [2.05, 4.69) is 0 Å². The maximum Gasteiger partial charge on any atom is 0.370 e. The van der Waals surface area contributed by atoms with E-state index in [1.54, 1.807) is 38.2 Å². The van der Waals surface area contributed by atoms with Crippen molar-refractivity contribution in [1.82, 2.24) is 0 Å². The summed E-state index contributed by atoms with van der Waals surface area (Å²) < 4.78 is 17.6. The van der Waals surface area contributed by atoms with Crippen molar-refractivity contribution >= 4 is 18.1 Å². The monoisotopic (exact) mass is 365 g/mol. The second-order valence-electron chi connectivity index (χ2n) is 4.94. The van der Waals surface area contributed by atoms with E-state index in [1.807, 2.05) is 36.4 Å². The molecule has 1 heterocycles. The number of pyridine rings is 1. The van der Waals surface area contributed by atoms with Gasteiger partial charge >= 0.3 is 5.97 Å². The average Bonchev–Trinajstić information content (AvgIpc) is 2.59. The number of nitrogens with zero attached hydrogens (tertiary/aromatic N) is 1. The zero-order valence-corrected chi connectivity index (χ0v) is 15.0. The number of rotatable bonds is 7. The summed E-state index contributed by atoms with van der Waals surface area (Å²) in [5.41, 5.74) is 1.61. The Bertz CT molecular complexity index is 736. The van der Waals surface area contributed by atoms with E-state index in [4.69, 9.17) is 19.3 Å². The molecule has 0 aliphatic carbocycles. The van der Waals surface area contributed by atoms with Crippen LogP contribution >= 0.6 is 0 Å². The molecule has 134 valence electrons. The highest BCUT2D eigenvalue weighted by molar-refractivity contribution is 5.71. The molecule has 0 spiro atoms. The van der Waals surface area contributed by atoms with Crippen molar-refractivity contribution in [3.63, 3.8) is 0 Å². The van der Waals surface area contributed by atoms with Crippen molar-refractivity contribution < 1.29 is 41.1 Å². The third-order valence-electron chi connectivity index (χ3n) is 3.41. The van der Waals surface area contributed by atoms with Crippen molar-refractivity contribution in [3.05, 3.63) is 47.8 Å². The standard InChI is InChI=1S/C18H19NO5.ClH/c1-22-15-10-13(11-16(23-2)18(15)24-3)7-8-14-6-4-5-9-19(14)12-17(20)21;/h4-11H,12H2,1-3H3;1H/b8-7+;. The summed E-state index contributed by atoms with van der Waals surface area (Å²) in [6.07, 6.45) is 5.42. The molecule has 7 heteroatoms. The van der Waals surface area contributed by atoms with Crippen LogP contribution in [-0.2, 0) is 11.3 Å². The quantitative estimate of drug-likeness (QED) is 0.655. The smallest absolute Gasteiger partial charge is 0.370 e. The Morgan fingerprint density at radius 2 is 1.72 bits per heavy atom. The van der Waals surface area contributed by atoms with Crippen LogP contribution < -0.4 is 31.2 Å². The maximum atomic E-state index is 10.9. The fraction of sp³-hybridized carbons (Fsp3) is 0.222. The second kappa shape index (κ2) is 9.54. The van der Waals surface area contributed by atoms with Crippen LogP contribution in [0.4, 0.5) is 0 Å². The molecular weight excluding hydrogens is 346 g/mol. The third kappa shape index (κ3) is 5.12. The maximum absolute atomic E-state index is 10.9. The van der Waals surface area contributed by atoms with Crippen LogP contribution in [0, 0.1) is 0 Å². The fourth-order valence-electron chi connectivity index (χ4n) is 2.31. The van der Waals surface area contributed by atoms with Gasteiger partial charge in [0.2, 0.25) is 18.0 Å². The summed E-state index contributed by atoms with van der Waals surface area (Å²) >= 11 is 0. The zero-order chi connectivity index (χ0) is 17.5. The van der Waals surface area contributed by atoms with E-state index in [1.165, 1.54) is 0 Å². The minimum absolute atomic E-state index is 0. The Morgan fingerprint density at radius 3 is 2.24 bits per heavy atom. The molecule has 0 aliphatic heterocycles. The predicted molar refractivity (Wildman–Crippen MR) is 89.3 cm³/mol. The van der Waals surface area contributed by atoms with Crippen LogP contribution in [0.25, 0.3) is 12.2 Å². The summed E-state index contributed by atoms with van der Waals surface area (Å²) in [5.74, 6) is 0.748. The van der Waals surface area contributed by atoms with Crippen LogP contribution in [-0.4, -0.2) is 32.4 Å². The van der Waals surface area contributed by atoms with Crippen LogP contribution in [0.5, 0.6) is 17.2 Å². The van der Waals surface area contributed by atoms with Gasteiger partial charge in [-0.3, -0.25) is 0 Å². The van der Waals surface area contributed by atoms with Gasteiger partial charge in [-0.15, -0.1) is 0 Å². The molecule has 0 saturated carbocycles. The number of hydrogen-bond donors (Lipinski definition) is 1. The first-order valence-corrected chi connectivity index (χ1v) is 7.27. The number of carboxylic acid groups (broad SMARTS) is 1. The lowest BCUT2D eigenvalue weighted by Gasteiger charge is -2.12. The van der Waals surface area contributed by atoms with Gasteiger partial charge in [-0.2, -0.15) is 4.57 Å². The van der Waals surface area contributed by atoms with Gasteiger partial charge in [-0.1, -0.05) is 0 Å². The summed E-state index contributed by atoms with van der Waals surface area (Å²) in [6.45, 7) is -0.101. The first-order chi connectivity index (χ1) is 11.6. The molecule has 0 amide bonds. The van der Waals surface area contributed by atoms with Gasteiger partial charge in [-0.25, -0.2) is 4.79 Å². The average molecular weight is 366 g/mol. The minimum atomic E-state index is -0.895. The Kier molecular flexibility index (Phi) is 7.75. The highest BCUT2D eigenvalue weighted by Crippen LogP contribution is 2.38. The molecule has 2 rings (SSSR count). The SMILES string of the molecule is COc1cc(/C=C/c2cccc[n+]2CC(=O)O)cc(OC)c1OC.[Cl-]. The molecule has 25 heavy (non-hydrogen) atoms. The molecule has 0 saturated heterocycles. The lowest BCUT2D eigenvalue weighted by Crippen LogP contribution is -3.00. The lowest BCUT2D eigenvalue weighted by molar-refractivity contribution is -0.687. The number of carboxylic acids is 1. The van der Waals surface area contributed by atoms with E-state index in [9.17, 15) is 4.79 Å². The lowest BCUT2D eigenvalue weighted by atomic mass is 10.1. The molecule has 0 aliphatic rings. The fourth-order valence-corrected chi connectivity index (χ4v) is 2.31. The Hall–Kier alpha value is -2.73. The molecular formula is C18H20ClNO5. The molecule has 1 N–H and O–H groups in total. The van der Waals surface area contributed by atoms with Crippen LogP contribution in [0.3, 0.4) is 0 Å². The summed E-state index contributed by atoms with van der Waals surface area (Å²) in [7, 11) is 4.67. The molecule has 6 nitrogen and oxygen atoms in total. The van der Waals surface area contributed by atoms with E-state index < -0.39 is 5.97 Å². The van der Waals surface area contributed by atoms with Crippen molar-refractivity contribution in [2.45, 2.75) is 6.54 Å². The number of aromatic nitrogens is 1. The van der Waals surface area contributed by atoms with Crippen molar-refractivity contribution in [2.24, 2.45) is 0 Å². The molecule has 1 aromatic carbocycles. The summed E-state index contributed by atoms with van der Waals surface area (Å²) in [6, 6.07) is 9.13. The topological polar surface area (TPSA) is 68.9 Å². The van der Waals surface area contributed by atoms with Crippen LogP contribution in [0.1, 0.15) is 11.3 Å². The van der Waals surface area contributed by atoms with Crippen LogP contribution in [0.15, 0.2) is 36.5 Å². The van der Waals surface area contributed by atoms with Gasteiger partial charge in [0.1, 0.15) is 0 Å². The highest BCUT2D eigenvalue weighted by Gasteiger charge is 2.13. The number of halogens is 1. The number of hydrogen-bond acceptors (Lipinski definition) is 4. The normalized spacial score (nSPS) is 10.2. The van der Waals surface area contributed by atoms with Gasteiger partial charge in [0.25, 0.3) is 0 Å². The molecule has 0 atom stereocenters. The molecule has 0 unspecified atom stereocenters. The Balaban J connectivity index is 0.00000312. The largest absolute Gasteiger partial charge is 1.00 e. The predicted octanol–water partition coefficient (Wildman–Crippen LogP) is -0.741. The Labute approximate surface area is 152 Å². The third-order valence-corrected chi connectivity index (χ3v) is 3.41. The number of aliphatic carboxylic acids is 1. The minimum Gasteiger partial charge on any atom is -1.00 e. The van der Waals surface area contributed by atoms with E-state index in [0.29, 0.717) is 17.2 Å². The van der Waals surface area contributed by atoms with E-state index in [0.717, 1.165) is 11.3 Å². The molecule has 1 aromatic heterocycles. The Morgan fingerprint density at radius 1 is 1.08 bits per heavy atom. The van der Waals surface area contributed by atoms with Gasteiger partial charge in [-0.05, 0) is 29.8 Å². The molecule has 0 bridgehead atoms. The van der Waals surface area contributed by atoms with Crippen molar-refractivity contribution in [3.8, 4) is 17.2 Å². The van der Waals surface area contributed by atoms with Gasteiger partial charge in [0.05, 0.1) is 21.3 Å². The molecule has 0 fully saturated rings. The van der Waals surface area contributed by atoms with Crippen LogP contribution in [0.2, 0.25) is 0 Å². The number of ether oxygens (including phenoxy) is 3. The highest BCUT2D eigenvalue weighted by atomic mass is 35.5. The summed E-state index contributed by atoms with van der Waals surface area (Å²) in [4.78, 5) is 10.9. The first-order valence-electron chi connectivity index (χ1n) is 7.27. The van der Waals surface area contributed by atoms with Crippen molar-refractivity contribution in [1.29, 1.82) is 0 Å². The van der Waals surface area contributed by atoms with Gasteiger partial charge in [0, 0.05) is 18.2 Å². The van der Waals surface area contributed by atoms with Gasteiger partial charge in [0.15, 0.2) is 17.7 Å². The molecule has 0 radical (unpaired) electrons. The molecule has 2 aromatic rings. The van der Waals surface area contributed by atoms with Crippen molar-refractivity contribution in [2.75, 3.05) is 21.3 Å². The zero-order valence-electron chi connectivity index (χ0n) is 14.2. The first kappa shape index (κ1) is 20.3. The summed E-state index contributed by atoms with van der Waals surface area (Å²) in [5, 5.41) is 8.98. The number of methoxy groups -OCH3 is 3. The number of carbonyl (C=O) groups is 1. The van der Waals surface area contributed by atoms with E-state index in [-0.39, 0.29) is 19.0 Å². The van der Waals surface area contributed by atoms with E-state index >= 15 is 0 Å². The second-order valence-corrected chi connectivity index (χ2v) is 4.94. The number of benzene rings is 1.